The van der Waals surface area contributed by atoms with Gasteiger partial charge in [0.15, 0.2) is 11.5 Å². The Bertz CT molecular complexity index is 1470. The SMILES string of the molecule is CCOc1cc2c(ccn2C(=O)NC)cc1Oc1ccnc(NC(=O)c2ccc(C3CCN(C)CC3)cc2)c1. The number of likely N-dealkylation sites (tertiary alicyclic amines) is 1. The number of pyridine rings is 1. The summed E-state index contributed by atoms with van der Waals surface area (Å²) in [5.41, 5.74) is 2.56. The number of ether oxygens (including phenoxy) is 2. The lowest BCUT2D eigenvalue weighted by atomic mass is 9.89. The molecule has 202 valence electrons. The van der Waals surface area contributed by atoms with Crippen LogP contribution < -0.4 is 20.1 Å². The highest BCUT2D eigenvalue weighted by Gasteiger charge is 2.19. The van der Waals surface area contributed by atoms with Crippen LogP contribution in [0.25, 0.3) is 10.9 Å². The van der Waals surface area contributed by atoms with Crippen molar-refractivity contribution in [2.75, 3.05) is 39.1 Å². The van der Waals surface area contributed by atoms with Crippen LogP contribution in [-0.4, -0.2) is 60.2 Å². The van der Waals surface area contributed by atoms with E-state index in [0.29, 0.717) is 46.7 Å². The highest BCUT2D eigenvalue weighted by Crippen LogP contribution is 2.36. The molecule has 2 aromatic carbocycles. The number of fused-ring (bicyclic) bond motifs is 1. The molecular weight excluding hydrogens is 494 g/mol. The van der Waals surface area contributed by atoms with Crippen LogP contribution in [0.2, 0.25) is 0 Å². The van der Waals surface area contributed by atoms with Crippen molar-refractivity contribution in [1.82, 2.24) is 19.8 Å². The number of benzene rings is 2. The molecule has 3 heterocycles. The van der Waals surface area contributed by atoms with Gasteiger partial charge in [-0.1, -0.05) is 12.1 Å². The third-order valence-electron chi connectivity index (χ3n) is 7.05. The molecule has 1 saturated heterocycles. The number of anilines is 1. The number of hydrogen-bond donors (Lipinski definition) is 2. The van der Waals surface area contributed by atoms with E-state index in [1.807, 2.05) is 31.2 Å². The van der Waals surface area contributed by atoms with E-state index in [4.69, 9.17) is 9.47 Å². The highest BCUT2D eigenvalue weighted by atomic mass is 16.5. The average molecular weight is 528 g/mol. The van der Waals surface area contributed by atoms with Crippen LogP contribution >= 0.6 is 0 Å². The molecule has 9 heteroatoms. The molecule has 1 aliphatic heterocycles. The van der Waals surface area contributed by atoms with Crippen LogP contribution in [0.15, 0.2) is 67.0 Å². The zero-order chi connectivity index (χ0) is 27.4. The van der Waals surface area contributed by atoms with Gasteiger partial charge >= 0.3 is 6.03 Å². The molecule has 1 aliphatic rings. The molecule has 0 unspecified atom stereocenters. The van der Waals surface area contributed by atoms with E-state index < -0.39 is 0 Å². The van der Waals surface area contributed by atoms with Gasteiger partial charge in [-0.25, -0.2) is 9.78 Å². The zero-order valence-corrected chi connectivity index (χ0v) is 22.4. The first-order valence-electron chi connectivity index (χ1n) is 13.2. The predicted octanol–water partition coefficient (Wildman–Crippen LogP) is 5.48. The van der Waals surface area contributed by atoms with Gasteiger partial charge < -0.3 is 25.0 Å². The summed E-state index contributed by atoms with van der Waals surface area (Å²) in [5.74, 6) is 2.16. The van der Waals surface area contributed by atoms with E-state index in [1.165, 1.54) is 10.1 Å². The van der Waals surface area contributed by atoms with Crippen LogP contribution in [-0.2, 0) is 0 Å². The third kappa shape index (κ3) is 5.88. The smallest absolute Gasteiger partial charge is 0.325 e. The summed E-state index contributed by atoms with van der Waals surface area (Å²) in [5, 5.41) is 6.31. The Labute approximate surface area is 227 Å². The molecule has 2 N–H and O–H groups in total. The number of carbonyl (C=O) groups is 2. The molecule has 0 saturated carbocycles. The maximum Gasteiger partial charge on any atom is 0.325 e. The maximum atomic E-state index is 12.9. The number of piperidine rings is 1. The Hall–Kier alpha value is -4.37. The minimum atomic E-state index is -0.243. The van der Waals surface area contributed by atoms with Crippen LogP contribution in [0.4, 0.5) is 10.6 Å². The van der Waals surface area contributed by atoms with E-state index >= 15 is 0 Å². The van der Waals surface area contributed by atoms with Crippen molar-refractivity contribution in [2.24, 2.45) is 0 Å². The Morgan fingerprint density at radius 2 is 1.79 bits per heavy atom. The normalized spacial score (nSPS) is 14.2. The van der Waals surface area contributed by atoms with E-state index in [0.717, 1.165) is 31.3 Å². The lowest BCUT2D eigenvalue weighted by molar-refractivity contribution is 0.102. The van der Waals surface area contributed by atoms with Gasteiger partial charge in [0.05, 0.1) is 12.1 Å². The van der Waals surface area contributed by atoms with E-state index in [-0.39, 0.29) is 11.9 Å². The lowest BCUT2D eigenvalue weighted by Gasteiger charge is -2.29. The Morgan fingerprint density at radius 1 is 1.03 bits per heavy atom. The summed E-state index contributed by atoms with van der Waals surface area (Å²) in [6, 6.07) is 16.4. The summed E-state index contributed by atoms with van der Waals surface area (Å²) in [6.45, 7) is 4.50. The summed E-state index contributed by atoms with van der Waals surface area (Å²) in [7, 11) is 3.74. The molecule has 0 aliphatic carbocycles. The second kappa shape index (κ2) is 11.6. The van der Waals surface area contributed by atoms with E-state index in [2.05, 4.69) is 39.7 Å². The molecule has 0 spiro atoms. The highest BCUT2D eigenvalue weighted by molar-refractivity contribution is 6.03. The van der Waals surface area contributed by atoms with Crippen LogP contribution in [0.3, 0.4) is 0 Å². The van der Waals surface area contributed by atoms with Crippen molar-refractivity contribution in [1.29, 1.82) is 0 Å². The van der Waals surface area contributed by atoms with Gasteiger partial charge in [-0.05, 0) is 81.7 Å². The molecule has 0 radical (unpaired) electrons. The molecule has 0 bridgehead atoms. The van der Waals surface area contributed by atoms with Crippen molar-refractivity contribution >= 4 is 28.7 Å². The second-order valence-electron chi connectivity index (χ2n) is 9.66. The van der Waals surface area contributed by atoms with Gasteiger partial charge in [-0.3, -0.25) is 9.36 Å². The molecule has 39 heavy (non-hydrogen) atoms. The van der Waals surface area contributed by atoms with Gasteiger partial charge in [0.2, 0.25) is 0 Å². The van der Waals surface area contributed by atoms with Crippen LogP contribution in [0.1, 0.15) is 41.6 Å². The first-order valence-corrected chi connectivity index (χ1v) is 13.2. The summed E-state index contributed by atoms with van der Waals surface area (Å²) in [4.78, 5) is 31.8. The van der Waals surface area contributed by atoms with Crippen LogP contribution in [0, 0.1) is 0 Å². The molecule has 9 nitrogen and oxygen atoms in total. The first kappa shape index (κ1) is 26.2. The molecule has 2 amide bonds. The number of amides is 2. The Kier molecular flexibility index (Phi) is 7.79. The van der Waals surface area contributed by atoms with Crippen molar-refractivity contribution < 1.29 is 19.1 Å². The summed E-state index contributed by atoms with van der Waals surface area (Å²) < 4.78 is 13.5. The quantitative estimate of drug-likeness (QED) is 0.331. The average Bonchev–Trinajstić information content (AvgIpc) is 3.36. The molecule has 0 atom stereocenters. The fourth-order valence-corrected chi connectivity index (χ4v) is 4.89. The lowest BCUT2D eigenvalue weighted by Crippen LogP contribution is -2.29. The van der Waals surface area contributed by atoms with Gasteiger partial charge in [-0.2, -0.15) is 0 Å². The Balaban J connectivity index is 1.30. The van der Waals surface area contributed by atoms with E-state index in [9.17, 15) is 9.59 Å². The standard InChI is InChI=1S/C30H33N5O4/c1-4-38-26-19-25-23(12-16-35(25)30(37)31-2)17-27(26)39-24-9-13-32-28(18-24)33-29(36)22-7-5-20(6-8-22)21-10-14-34(3)15-11-21/h5-9,12-13,16-19,21H,4,10-11,14-15H2,1-3H3,(H,31,37)(H,32,33,36). The van der Waals surface area contributed by atoms with Crippen LogP contribution in [0.5, 0.6) is 17.2 Å². The number of nitrogens with one attached hydrogen (secondary N) is 2. The number of nitrogens with zero attached hydrogens (tertiary/aromatic N) is 3. The van der Waals surface area contributed by atoms with Gasteiger partial charge in [0.1, 0.15) is 11.6 Å². The minimum Gasteiger partial charge on any atom is -0.490 e. The number of carbonyl (C=O) groups excluding carboxylic acids is 2. The van der Waals surface area contributed by atoms with Crippen molar-refractivity contribution in [3.05, 3.63) is 78.1 Å². The third-order valence-corrected chi connectivity index (χ3v) is 7.05. The predicted molar refractivity (Wildman–Crippen MR) is 151 cm³/mol. The Morgan fingerprint density at radius 3 is 2.51 bits per heavy atom. The molecule has 1 fully saturated rings. The first-order chi connectivity index (χ1) is 18.9. The monoisotopic (exact) mass is 527 g/mol. The van der Waals surface area contributed by atoms with Gasteiger partial charge in [0, 0.05) is 42.5 Å². The summed E-state index contributed by atoms with van der Waals surface area (Å²) in [6.07, 6.45) is 5.55. The largest absolute Gasteiger partial charge is 0.490 e. The summed E-state index contributed by atoms with van der Waals surface area (Å²) >= 11 is 0. The van der Waals surface area contributed by atoms with Crippen molar-refractivity contribution in [3.8, 4) is 17.2 Å². The minimum absolute atomic E-state index is 0.235. The molecule has 5 rings (SSSR count). The topological polar surface area (TPSA) is 97.7 Å². The van der Waals surface area contributed by atoms with E-state index in [1.54, 1.807) is 37.6 Å². The fourth-order valence-electron chi connectivity index (χ4n) is 4.89. The molecular formula is C30H33N5O4. The molecule has 4 aromatic rings. The number of rotatable bonds is 7. The van der Waals surface area contributed by atoms with Crippen molar-refractivity contribution in [3.63, 3.8) is 0 Å². The zero-order valence-electron chi connectivity index (χ0n) is 22.4. The number of hydrogen-bond acceptors (Lipinski definition) is 6. The maximum absolute atomic E-state index is 12.9. The molecule has 2 aromatic heterocycles. The second-order valence-corrected chi connectivity index (χ2v) is 9.66. The fraction of sp³-hybridized carbons (Fsp3) is 0.300. The number of aromatic nitrogens is 2. The van der Waals surface area contributed by atoms with Gasteiger partial charge in [-0.15, -0.1) is 0 Å². The van der Waals surface area contributed by atoms with Crippen molar-refractivity contribution in [2.45, 2.75) is 25.7 Å². The van der Waals surface area contributed by atoms with Gasteiger partial charge in [0.25, 0.3) is 5.91 Å².